The predicted octanol–water partition coefficient (Wildman–Crippen LogP) is 3.65. The van der Waals surface area contributed by atoms with Gasteiger partial charge >= 0.3 is 0 Å². The van der Waals surface area contributed by atoms with Gasteiger partial charge in [-0.2, -0.15) is 4.31 Å². The van der Waals surface area contributed by atoms with Crippen molar-refractivity contribution in [3.05, 3.63) is 82.5 Å². The predicted molar refractivity (Wildman–Crippen MR) is 121 cm³/mol. The number of aromatic nitrogens is 2. The SMILES string of the molecule is Cn1cnc(S(=O)(=O)N2CC(NC3CCc4cc(Cl)ccc43)C(c3ccc(F)cc3)C2)c1. The summed E-state index contributed by atoms with van der Waals surface area (Å²) in [4.78, 5) is 4.06. The van der Waals surface area contributed by atoms with E-state index in [0.717, 1.165) is 23.4 Å². The highest BCUT2D eigenvalue weighted by atomic mass is 35.5. The van der Waals surface area contributed by atoms with Gasteiger partial charge in [0.05, 0.1) is 6.33 Å². The third kappa shape index (κ3) is 3.96. The van der Waals surface area contributed by atoms with E-state index in [1.54, 1.807) is 23.7 Å². The molecule has 0 saturated carbocycles. The molecule has 2 heterocycles. The highest BCUT2D eigenvalue weighted by molar-refractivity contribution is 7.89. The summed E-state index contributed by atoms with van der Waals surface area (Å²) in [5.74, 6) is -0.416. The summed E-state index contributed by atoms with van der Waals surface area (Å²) in [5, 5.41) is 4.47. The van der Waals surface area contributed by atoms with Crippen molar-refractivity contribution in [1.29, 1.82) is 0 Å². The first-order valence-electron chi connectivity index (χ1n) is 10.6. The van der Waals surface area contributed by atoms with Crippen molar-refractivity contribution in [2.45, 2.75) is 35.9 Å². The molecule has 6 nitrogen and oxygen atoms in total. The first-order valence-corrected chi connectivity index (χ1v) is 12.4. The van der Waals surface area contributed by atoms with Gasteiger partial charge in [0, 0.05) is 49.4 Å². The monoisotopic (exact) mass is 474 g/mol. The van der Waals surface area contributed by atoms with E-state index in [9.17, 15) is 12.8 Å². The number of aryl methyl sites for hydroxylation is 2. The quantitative estimate of drug-likeness (QED) is 0.613. The maximum Gasteiger partial charge on any atom is 0.262 e. The Morgan fingerprint density at radius 1 is 1.16 bits per heavy atom. The highest BCUT2D eigenvalue weighted by Gasteiger charge is 2.42. The van der Waals surface area contributed by atoms with Gasteiger partial charge in [-0.15, -0.1) is 0 Å². The average molecular weight is 475 g/mol. The van der Waals surface area contributed by atoms with Crippen LogP contribution in [0.1, 0.15) is 35.1 Å². The molecule has 2 aromatic carbocycles. The summed E-state index contributed by atoms with van der Waals surface area (Å²) in [6.07, 6.45) is 4.85. The van der Waals surface area contributed by atoms with Crippen LogP contribution in [0.25, 0.3) is 0 Å². The molecule has 1 aromatic heterocycles. The van der Waals surface area contributed by atoms with Crippen LogP contribution in [-0.4, -0.2) is 41.4 Å². The number of imidazole rings is 1. The second-order valence-corrected chi connectivity index (χ2v) is 10.9. The highest BCUT2D eigenvalue weighted by Crippen LogP contribution is 2.37. The number of fused-ring (bicyclic) bond motifs is 1. The summed E-state index contributed by atoms with van der Waals surface area (Å²) in [5.41, 5.74) is 3.35. The fourth-order valence-corrected chi connectivity index (χ4v) is 6.51. The Morgan fingerprint density at radius 3 is 2.66 bits per heavy atom. The Balaban J connectivity index is 1.45. The van der Waals surface area contributed by atoms with E-state index >= 15 is 0 Å². The Morgan fingerprint density at radius 2 is 1.94 bits per heavy atom. The number of nitrogens with one attached hydrogen (secondary N) is 1. The molecule has 0 radical (unpaired) electrons. The Hall–Kier alpha value is -2.26. The third-order valence-corrected chi connectivity index (χ3v) is 8.42. The zero-order valence-electron chi connectivity index (χ0n) is 17.6. The van der Waals surface area contributed by atoms with E-state index in [0.29, 0.717) is 13.1 Å². The average Bonchev–Trinajstić information content (AvgIpc) is 3.48. The number of halogens is 2. The molecule has 0 spiro atoms. The number of nitrogens with zero attached hydrogens (tertiary/aromatic N) is 3. The number of rotatable bonds is 5. The van der Waals surface area contributed by atoms with E-state index in [-0.39, 0.29) is 28.8 Å². The lowest BCUT2D eigenvalue weighted by molar-refractivity contribution is 0.412. The van der Waals surface area contributed by atoms with E-state index in [1.165, 1.54) is 40.1 Å². The molecular formula is C23H24ClFN4O2S. The van der Waals surface area contributed by atoms with Gasteiger partial charge in [-0.1, -0.05) is 29.8 Å². The van der Waals surface area contributed by atoms with Crippen LogP contribution < -0.4 is 5.32 Å². The fourth-order valence-electron chi connectivity index (χ4n) is 4.85. The van der Waals surface area contributed by atoms with Gasteiger partial charge in [0.25, 0.3) is 10.0 Å². The molecule has 32 heavy (non-hydrogen) atoms. The molecule has 5 rings (SSSR count). The van der Waals surface area contributed by atoms with Gasteiger partial charge < -0.3 is 9.88 Å². The molecule has 1 fully saturated rings. The van der Waals surface area contributed by atoms with Crippen molar-refractivity contribution < 1.29 is 12.8 Å². The van der Waals surface area contributed by atoms with Crippen LogP contribution in [-0.2, 0) is 23.5 Å². The molecule has 9 heteroatoms. The summed E-state index contributed by atoms with van der Waals surface area (Å²) in [6, 6.07) is 12.3. The van der Waals surface area contributed by atoms with E-state index in [1.807, 2.05) is 18.2 Å². The zero-order chi connectivity index (χ0) is 22.5. The maximum absolute atomic E-state index is 13.5. The molecule has 0 bridgehead atoms. The first kappa shape index (κ1) is 21.6. The number of hydrogen-bond acceptors (Lipinski definition) is 4. The topological polar surface area (TPSA) is 67.2 Å². The van der Waals surface area contributed by atoms with Crippen molar-refractivity contribution in [1.82, 2.24) is 19.2 Å². The van der Waals surface area contributed by atoms with Crippen LogP contribution in [0.5, 0.6) is 0 Å². The Bertz CT molecular complexity index is 1250. The smallest absolute Gasteiger partial charge is 0.262 e. The van der Waals surface area contributed by atoms with Crippen LogP contribution in [0.3, 0.4) is 0 Å². The molecule has 3 atom stereocenters. The van der Waals surface area contributed by atoms with Crippen LogP contribution in [0.4, 0.5) is 4.39 Å². The van der Waals surface area contributed by atoms with Crippen molar-refractivity contribution in [3.8, 4) is 0 Å². The minimum absolute atomic E-state index is 0.0411. The minimum atomic E-state index is -3.73. The molecule has 3 unspecified atom stereocenters. The molecule has 1 aliphatic carbocycles. The second kappa shape index (κ2) is 8.26. The Kier molecular flexibility index (Phi) is 5.57. The van der Waals surface area contributed by atoms with Gasteiger partial charge in [-0.25, -0.2) is 17.8 Å². The maximum atomic E-state index is 13.5. The number of sulfonamides is 1. The normalized spacial score (nSPS) is 23.5. The van der Waals surface area contributed by atoms with Gasteiger partial charge in [0.1, 0.15) is 5.82 Å². The standard InChI is InChI=1S/C23H24ClFN4O2S/c1-28-13-23(26-14-28)32(30,31)29-11-20(15-2-6-18(25)7-3-15)22(12-29)27-21-9-4-16-10-17(24)5-8-19(16)21/h2-3,5-8,10,13-14,20-22,27H,4,9,11-12H2,1H3. The van der Waals surface area contributed by atoms with E-state index in [4.69, 9.17) is 11.6 Å². The van der Waals surface area contributed by atoms with Gasteiger partial charge in [0.2, 0.25) is 0 Å². The van der Waals surface area contributed by atoms with Crippen molar-refractivity contribution in [2.24, 2.45) is 7.05 Å². The fraction of sp³-hybridized carbons (Fsp3) is 0.348. The molecule has 1 saturated heterocycles. The summed E-state index contributed by atoms with van der Waals surface area (Å²) in [7, 11) is -1.99. The van der Waals surface area contributed by atoms with Crippen molar-refractivity contribution >= 4 is 21.6 Å². The zero-order valence-corrected chi connectivity index (χ0v) is 19.2. The van der Waals surface area contributed by atoms with Crippen LogP contribution >= 0.6 is 11.6 Å². The summed E-state index contributed by atoms with van der Waals surface area (Å²) >= 11 is 6.15. The molecule has 0 amide bonds. The first-order chi connectivity index (χ1) is 15.3. The molecule has 2 aliphatic rings. The van der Waals surface area contributed by atoms with Crippen LogP contribution in [0, 0.1) is 5.82 Å². The van der Waals surface area contributed by atoms with Crippen molar-refractivity contribution in [3.63, 3.8) is 0 Å². The summed E-state index contributed by atoms with van der Waals surface area (Å²) < 4.78 is 43.1. The molecular weight excluding hydrogens is 451 g/mol. The molecule has 1 N–H and O–H groups in total. The lowest BCUT2D eigenvalue weighted by Crippen LogP contribution is -2.38. The molecule has 168 valence electrons. The number of benzene rings is 2. The van der Waals surface area contributed by atoms with Crippen LogP contribution in [0.2, 0.25) is 5.02 Å². The Labute approximate surface area is 192 Å². The van der Waals surface area contributed by atoms with Gasteiger partial charge in [-0.05, 0) is 53.8 Å². The van der Waals surface area contributed by atoms with Gasteiger partial charge in [-0.3, -0.25) is 0 Å². The van der Waals surface area contributed by atoms with Crippen molar-refractivity contribution in [2.75, 3.05) is 13.1 Å². The third-order valence-electron chi connectivity index (χ3n) is 6.47. The molecule has 3 aromatic rings. The van der Waals surface area contributed by atoms with E-state index < -0.39 is 10.0 Å². The van der Waals surface area contributed by atoms with E-state index in [2.05, 4.69) is 10.3 Å². The molecule has 1 aliphatic heterocycles. The lowest BCUT2D eigenvalue weighted by Gasteiger charge is -2.25. The largest absolute Gasteiger partial charge is 0.339 e. The summed E-state index contributed by atoms with van der Waals surface area (Å²) in [6.45, 7) is 0.628. The number of hydrogen-bond donors (Lipinski definition) is 1. The lowest BCUT2D eigenvalue weighted by atomic mass is 9.93. The minimum Gasteiger partial charge on any atom is -0.339 e. The van der Waals surface area contributed by atoms with Gasteiger partial charge in [0.15, 0.2) is 5.03 Å². The second-order valence-electron chi connectivity index (χ2n) is 8.56. The van der Waals surface area contributed by atoms with Crippen LogP contribution in [0.15, 0.2) is 60.0 Å².